The first-order chi connectivity index (χ1) is 11.0. The van der Waals surface area contributed by atoms with Crippen molar-refractivity contribution < 1.29 is 17.9 Å². The third-order valence-corrected chi connectivity index (χ3v) is 5.24. The summed E-state index contributed by atoms with van der Waals surface area (Å²) in [5.74, 6) is -0.340. The second-order valence-electron chi connectivity index (χ2n) is 4.49. The maximum absolute atomic E-state index is 12.0. The van der Waals surface area contributed by atoms with Crippen molar-refractivity contribution in [2.24, 2.45) is 0 Å². The van der Waals surface area contributed by atoms with Crippen LogP contribution in [0.3, 0.4) is 0 Å². The molecule has 2 rings (SSSR count). The van der Waals surface area contributed by atoms with E-state index in [9.17, 15) is 13.2 Å². The molecule has 0 saturated heterocycles. The summed E-state index contributed by atoms with van der Waals surface area (Å²) in [5.41, 5.74) is 1.01. The SMILES string of the molecule is CC(=O)Nc1nnc(S(=O)(=O)NCCOCc2ccccc2)s1. The van der Waals surface area contributed by atoms with Crippen molar-refractivity contribution in [2.45, 2.75) is 17.9 Å². The monoisotopic (exact) mass is 356 g/mol. The summed E-state index contributed by atoms with van der Waals surface area (Å²) in [6, 6.07) is 9.58. The van der Waals surface area contributed by atoms with Crippen LogP contribution in [0.15, 0.2) is 34.7 Å². The van der Waals surface area contributed by atoms with Crippen molar-refractivity contribution in [3.05, 3.63) is 35.9 Å². The zero-order chi connectivity index (χ0) is 16.7. The van der Waals surface area contributed by atoms with Crippen LogP contribution in [0.2, 0.25) is 0 Å². The smallest absolute Gasteiger partial charge is 0.269 e. The van der Waals surface area contributed by atoms with Gasteiger partial charge in [-0.3, -0.25) is 4.79 Å². The average molecular weight is 356 g/mol. The number of carbonyl (C=O) groups excluding carboxylic acids is 1. The second-order valence-corrected chi connectivity index (χ2v) is 7.41. The van der Waals surface area contributed by atoms with Crippen LogP contribution in [0, 0.1) is 0 Å². The summed E-state index contributed by atoms with van der Waals surface area (Å²) >= 11 is 0.783. The minimum atomic E-state index is -3.76. The first-order valence-electron chi connectivity index (χ1n) is 6.70. The Kier molecular flexibility index (Phi) is 6.16. The van der Waals surface area contributed by atoms with Crippen LogP contribution >= 0.6 is 11.3 Å². The molecule has 2 aromatic rings. The third kappa shape index (κ3) is 5.67. The maximum Gasteiger partial charge on any atom is 0.269 e. The molecule has 0 bridgehead atoms. The zero-order valence-corrected chi connectivity index (χ0v) is 14.0. The molecule has 1 aromatic carbocycles. The molecule has 23 heavy (non-hydrogen) atoms. The van der Waals surface area contributed by atoms with Gasteiger partial charge in [-0.1, -0.05) is 41.7 Å². The lowest BCUT2D eigenvalue weighted by molar-refractivity contribution is -0.114. The van der Waals surface area contributed by atoms with E-state index < -0.39 is 10.0 Å². The summed E-state index contributed by atoms with van der Waals surface area (Å²) in [6.45, 7) is 2.06. The lowest BCUT2D eigenvalue weighted by Gasteiger charge is -2.05. The molecular formula is C13H16N4O4S2. The van der Waals surface area contributed by atoms with Crippen LogP contribution in [-0.2, 0) is 26.2 Å². The lowest BCUT2D eigenvalue weighted by Crippen LogP contribution is -2.27. The van der Waals surface area contributed by atoms with Crippen LogP contribution in [-0.4, -0.2) is 37.7 Å². The maximum atomic E-state index is 12.0. The van der Waals surface area contributed by atoms with E-state index in [4.69, 9.17) is 4.74 Å². The van der Waals surface area contributed by atoms with Crippen molar-refractivity contribution in [1.29, 1.82) is 0 Å². The minimum Gasteiger partial charge on any atom is -0.375 e. The molecule has 10 heteroatoms. The molecule has 0 atom stereocenters. The van der Waals surface area contributed by atoms with Gasteiger partial charge in [-0.05, 0) is 5.56 Å². The average Bonchev–Trinajstić information content (AvgIpc) is 2.96. The van der Waals surface area contributed by atoms with Gasteiger partial charge < -0.3 is 10.1 Å². The normalized spacial score (nSPS) is 11.3. The van der Waals surface area contributed by atoms with Crippen LogP contribution in [0.1, 0.15) is 12.5 Å². The molecule has 0 spiro atoms. The first-order valence-corrected chi connectivity index (χ1v) is 9.00. The van der Waals surface area contributed by atoms with Crippen molar-refractivity contribution in [3.8, 4) is 0 Å². The summed E-state index contributed by atoms with van der Waals surface area (Å²) < 4.78 is 31.5. The van der Waals surface area contributed by atoms with E-state index >= 15 is 0 Å². The summed E-state index contributed by atoms with van der Waals surface area (Å²) in [6.07, 6.45) is 0. The Morgan fingerprint density at radius 2 is 2.00 bits per heavy atom. The van der Waals surface area contributed by atoms with E-state index in [0.29, 0.717) is 6.61 Å². The van der Waals surface area contributed by atoms with E-state index in [1.807, 2.05) is 30.3 Å². The quantitative estimate of drug-likeness (QED) is 0.539. The van der Waals surface area contributed by atoms with Crippen molar-refractivity contribution >= 4 is 32.4 Å². The predicted octanol–water partition coefficient (Wildman–Crippen LogP) is 0.992. The van der Waals surface area contributed by atoms with Gasteiger partial charge in [0.1, 0.15) is 0 Å². The van der Waals surface area contributed by atoms with Crippen molar-refractivity contribution in [1.82, 2.24) is 14.9 Å². The number of amides is 1. The van der Waals surface area contributed by atoms with Crippen LogP contribution in [0.5, 0.6) is 0 Å². The van der Waals surface area contributed by atoms with Crippen LogP contribution < -0.4 is 10.0 Å². The predicted molar refractivity (Wildman–Crippen MR) is 85.5 cm³/mol. The van der Waals surface area contributed by atoms with Gasteiger partial charge in [-0.25, -0.2) is 13.1 Å². The van der Waals surface area contributed by atoms with Gasteiger partial charge in [0.15, 0.2) is 0 Å². The highest BCUT2D eigenvalue weighted by Crippen LogP contribution is 2.19. The number of aromatic nitrogens is 2. The highest BCUT2D eigenvalue weighted by Gasteiger charge is 2.19. The van der Waals surface area contributed by atoms with Gasteiger partial charge in [0, 0.05) is 13.5 Å². The molecule has 0 radical (unpaired) electrons. The third-order valence-electron chi connectivity index (χ3n) is 2.57. The fourth-order valence-electron chi connectivity index (χ4n) is 1.59. The number of hydrogen-bond acceptors (Lipinski definition) is 7. The molecule has 1 aromatic heterocycles. The molecule has 0 aliphatic heterocycles. The Hall–Kier alpha value is -1.88. The number of ether oxygens (including phenoxy) is 1. The summed E-state index contributed by atoms with van der Waals surface area (Å²) in [5, 5.41) is 9.66. The van der Waals surface area contributed by atoms with E-state index in [1.165, 1.54) is 6.92 Å². The van der Waals surface area contributed by atoms with Crippen molar-refractivity contribution in [2.75, 3.05) is 18.5 Å². The van der Waals surface area contributed by atoms with Gasteiger partial charge in [0.2, 0.25) is 15.4 Å². The topological polar surface area (TPSA) is 110 Å². The highest BCUT2D eigenvalue weighted by molar-refractivity contribution is 7.91. The number of anilines is 1. The summed E-state index contributed by atoms with van der Waals surface area (Å²) in [7, 11) is -3.76. The zero-order valence-electron chi connectivity index (χ0n) is 12.4. The fraction of sp³-hybridized carbons (Fsp3) is 0.308. The Labute approximate surface area is 137 Å². The van der Waals surface area contributed by atoms with E-state index in [-0.39, 0.29) is 28.5 Å². The Balaban J connectivity index is 1.77. The van der Waals surface area contributed by atoms with Gasteiger partial charge in [-0.15, -0.1) is 10.2 Å². The number of carbonyl (C=O) groups is 1. The number of nitrogens with one attached hydrogen (secondary N) is 2. The lowest BCUT2D eigenvalue weighted by atomic mass is 10.2. The van der Waals surface area contributed by atoms with Gasteiger partial charge in [-0.2, -0.15) is 0 Å². The standard InChI is InChI=1S/C13H16N4O4S2/c1-10(18)15-12-16-17-13(22-12)23(19,20)14-7-8-21-9-11-5-3-2-4-6-11/h2-6,14H,7-9H2,1H3,(H,15,16,18). The number of sulfonamides is 1. The number of nitrogens with zero attached hydrogens (tertiary/aromatic N) is 2. The molecule has 0 unspecified atom stereocenters. The fourth-order valence-corrected chi connectivity index (χ4v) is 3.59. The van der Waals surface area contributed by atoms with Crippen LogP contribution in [0.25, 0.3) is 0 Å². The molecule has 0 fully saturated rings. The van der Waals surface area contributed by atoms with E-state index in [2.05, 4.69) is 20.2 Å². The van der Waals surface area contributed by atoms with Gasteiger partial charge in [0.05, 0.1) is 13.2 Å². The Morgan fingerprint density at radius 3 is 2.70 bits per heavy atom. The molecule has 8 nitrogen and oxygen atoms in total. The molecular weight excluding hydrogens is 340 g/mol. The molecule has 1 heterocycles. The van der Waals surface area contributed by atoms with Crippen LogP contribution in [0.4, 0.5) is 5.13 Å². The second kappa shape index (κ2) is 8.11. The Morgan fingerprint density at radius 1 is 1.26 bits per heavy atom. The molecule has 124 valence electrons. The van der Waals surface area contributed by atoms with Crippen molar-refractivity contribution in [3.63, 3.8) is 0 Å². The molecule has 0 aliphatic rings. The Bertz CT molecular complexity index is 746. The number of benzene rings is 1. The first kappa shape index (κ1) is 17.5. The number of hydrogen-bond donors (Lipinski definition) is 2. The highest BCUT2D eigenvalue weighted by atomic mass is 32.2. The van der Waals surface area contributed by atoms with E-state index in [0.717, 1.165) is 16.9 Å². The van der Waals surface area contributed by atoms with E-state index in [1.54, 1.807) is 0 Å². The molecule has 0 saturated carbocycles. The van der Waals surface area contributed by atoms with Gasteiger partial charge >= 0.3 is 0 Å². The minimum absolute atomic E-state index is 0.115. The molecule has 0 aliphatic carbocycles. The number of rotatable bonds is 8. The summed E-state index contributed by atoms with van der Waals surface area (Å²) in [4.78, 5) is 10.9. The largest absolute Gasteiger partial charge is 0.375 e. The molecule has 1 amide bonds. The van der Waals surface area contributed by atoms with Gasteiger partial charge in [0.25, 0.3) is 10.0 Å². The molecule has 2 N–H and O–H groups in total.